The molecular formula is C23H24N8O2. The number of rotatable bonds is 5. The van der Waals surface area contributed by atoms with E-state index in [9.17, 15) is 4.79 Å². The van der Waals surface area contributed by atoms with Gasteiger partial charge in [-0.2, -0.15) is 9.61 Å². The first-order chi connectivity index (χ1) is 16.2. The van der Waals surface area contributed by atoms with E-state index in [0.717, 1.165) is 43.1 Å². The van der Waals surface area contributed by atoms with Crippen LogP contribution < -0.4 is 20.7 Å². The van der Waals surface area contributed by atoms with Crippen molar-refractivity contribution in [3.8, 4) is 5.75 Å². The summed E-state index contributed by atoms with van der Waals surface area (Å²) in [6.07, 6.45) is 8.06. The Morgan fingerprint density at radius 2 is 2.24 bits per heavy atom. The van der Waals surface area contributed by atoms with Gasteiger partial charge >= 0.3 is 0 Å². The molecule has 1 atom stereocenters. The van der Waals surface area contributed by atoms with Crippen molar-refractivity contribution in [1.29, 1.82) is 0 Å². The van der Waals surface area contributed by atoms with Gasteiger partial charge in [0.25, 0.3) is 5.91 Å². The van der Waals surface area contributed by atoms with Gasteiger partial charge < -0.3 is 25.3 Å². The third kappa shape index (κ3) is 3.34. The Morgan fingerprint density at radius 1 is 1.30 bits per heavy atom. The van der Waals surface area contributed by atoms with Crippen LogP contribution in [0.2, 0.25) is 0 Å². The van der Waals surface area contributed by atoms with Gasteiger partial charge in [-0.05, 0) is 30.9 Å². The Hall–Kier alpha value is -4.08. The molecule has 1 unspecified atom stereocenters. The summed E-state index contributed by atoms with van der Waals surface area (Å²) in [5.74, 6) is 2.82. The number of nitrogens with zero attached hydrogens (tertiary/aromatic N) is 5. The molecule has 1 amide bonds. The summed E-state index contributed by atoms with van der Waals surface area (Å²) in [6, 6.07) is 7.80. The van der Waals surface area contributed by atoms with Crippen LogP contribution in [-0.2, 0) is 13.0 Å². The van der Waals surface area contributed by atoms with E-state index in [1.54, 1.807) is 16.9 Å². The molecule has 2 aliphatic rings. The maximum absolute atomic E-state index is 13.2. The predicted octanol–water partition coefficient (Wildman–Crippen LogP) is 2.91. The summed E-state index contributed by atoms with van der Waals surface area (Å²) >= 11 is 0. The minimum Gasteiger partial charge on any atom is -0.491 e. The van der Waals surface area contributed by atoms with Gasteiger partial charge in [-0.3, -0.25) is 4.79 Å². The number of carbonyl (C=O) groups is 1. The third-order valence-corrected chi connectivity index (χ3v) is 6.19. The van der Waals surface area contributed by atoms with Crippen LogP contribution in [0.5, 0.6) is 5.75 Å². The lowest BCUT2D eigenvalue weighted by Crippen LogP contribution is -2.27. The second-order valence-electron chi connectivity index (χ2n) is 8.23. The Balaban J connectivity index is 1.33. The van der Waals surface area contributed by atoms with Crippen molar-refractivity contribution in [2.24, 2.45) is 0 Å². The van der Waals surface area contributed by atoms with Crippen LogP contribution in [0.25, 0.3) is 5.65 Å². The molecule has 1 aromatic carbocycles. The first kappa shape index (κ1) is 19.6. The van der Waals surface area contributed by atoms with Gasteiger partial charge in [0, 0.05) is 32.1 Å². The zero-order valence-corrected chi connectivity index (χ0v) is 18.2. The lowest BCUT2D eigenvalue weighted by Gasteiger charge is -2.21. The van der Waals surface area contributed by atoms with Crippen LogP contribution in [0.4, 0.5) is 17.3 Å². The van der Waals surface area contributed by atoms with Crippen LogP contribution in [0.3, 0.4) is 0 Å². The highest BCUT2D eigenvalue weighted by Gasteiger charge is 2.27. The molecule has 0 spiro atoms. The van der Waals surface area contributed by atoms with Crippen molar-refractivity contribution >= 4 is 28.9 Å². The second kappa shape index (κ2) is 7.80. The number of aryl methyl sites for hydroxylation is 2. The van der Waals surface area contributed by atoms with Gasteiger partial charge in [-0.15, -0.1) is 0 Å². The van der Waals surface area contributed by atoms with Gasteiger partial charge in [-0.25, -0.2) is 9.97 Å². The summed E-state index contributed by atoms with van der Waals surface area (Å²) in [5, 5.41) is 14.0. The monoisotopic (exact) mass is 444 g/mol. The van der Waals surface area contributed by atoms with Crippen molar-refractivity contribution in [1.82, 2.24) is 29.5 Å². The minimum atomic E-state index is -0.224. The lowest BCUT2D eigenvalue weighted by molar-refractivity contribution is 0.0937. The Labute approximate surface area is 190 Å². The average molecular weight is 444 g/mol. The number of aromatic nitrogens is 5. The summed E-state index contributed by atoms with van der Waals surface area (Å²) in [4.78, 5) is 22.3. The molecular weight excluding hydrogens is 420 g/mol. The molecule has 2 aliphatic heterocycles. The van der Waals surface area contributed by atoms with Crippen LogP contribution in [0.15, 0.2) is 42.9 Å². The van der Waals surface area contributed by atoms with E-state index in [2.05, 4.69) is 36.7 Å². The summed E-state index contributed by atoms with van der Waals surface area (Å²) in [5.41, 5.74) is 2.91. The van der Waals surface area contributed by atoms with Crippen LogP contribution in [0, 0.1) is 0 Å². The van der Waals surface area contributed by atoms with Gasteiger partial charge in [0.1, 0.15) is 28.8 Å². The fourth-order valence-corrected chi connectivity index (χ4v) is 4.58. The molecule has 3 N–H and O–H groups in total. The highest BCUT2D eigenvalue weighted by molar-refractivity contribution is 6.00. The first-order valence-electron chi connectivity index (χ1n) is 11.1. The number of hydrogen-bond acceptors (Lipinski definition) is 7. The van der Waals surface area contributed by atoms with E-state index in [1.165, 1.54) is 5.56 Å². The zero-order valence-electron chi connectivity index (χ0n) is 18.2. The standard InChI is InChI=1S/C23H24N8O2/c1-24-19-12-18(27-16-6-2-4-14-5-3-11-33-20(14)16)29-21-15(13-26-31(19)21)23(32)28-17-7-9-30-10-8-25-22(17)30/h2,4,6,8,10,12-13,17,24H,3,5,7,9,11H2,1H3,(H,27,29)(H,28,32). The van der Waals surface area contributed by atoms with Gasteiger partial charge in [0.2, 0.25) is 0 Å². The lowest BCUT2D eigenvalue weighted by atomic mass is 10.1. The van der Waals surface area contributed by atoms with E-state index >= 15 is 0 Å². The van der Waals surface area contributed by atoms with Gasteiger partial charge in [0.05, 0.1) is 24.5 Å². The van der Waals surface area contributed by atoms with Crippen molar-refractivity contribution in [2.75, 3.05) is 24.3 Å². The number of carbonyl (C=O) groups excluding carboxylic acids is 1. The Kier molecular flexibility index (Phi) is 4.63. The van der Waals surface area contributed by atoms with Crippen LogP contribution >= 0.6 is 0 Å². The highest BCUT2D eigenvalue weighted by atomic mass is 16.5. The number of ether oxygens (including phenoxy) is 1. The summed E-state index contributed by atoms with van der Waals surface area (Å²) in [7, 11) is 1.81. The molecule has 0 saturated carbocycles. The quantitative estimate of drug-likeness (QED) is 0.434. The molecule has 0 fully saturated rings. The first-order valence-corrected chi connectivity index (χ1v) is 11.1. The molecule has 10 heteroatoms. The number of imidazole rings is 1. The number of hydrogen-bond donors (Lipinski definition) is 3. The fourth-order valence-electron chi connectivity index (χ4n) is 4.58. The third-order valence-electron chi connectivity index (χ3n) is 6.19. The van der Waals surface area contributed by atoms with Gasteiger partial charge in [0.15, 0.2) is 5.65 Å². The van der Waals surface area contributed by atoms with Crippen molar-refractivity contribution in [2.45, 2.75) is 31.8 Å². The second-order valence-corrected chi connectivity index (χ2v) is 8.23. The number of amides is 1. The largest absolute Gasteiger partial charge is 0.491 e. The molecule has 33 heavy (non-hydrogen) atoms. The fraction of sp³-hybridized carbons (Fsp3) is 0.304. The maximum atomic E-state index is 13.2. The molecule has 0 bridgehead atoms. The topological polar surface area (TPSA) is 110 Å². The SMILES string of the molecule is CNc1cc(Nc2cccc3c2OCCC3)nc2c(C(=O)NC3CCn4ccnc43)cnn12. The predicted molar refractivity (Wildman–Crippen MR) is 123 cm³/mol. The van der Waals surface area contributed by atoms with E-state index in [1.807, 2.05) is 31.4 Å². The molecule has 4 aromatic rings. The Bertz CT molecular complexity index is 1360. The molecule has 10 nitrogen and oxygen atoms in total. The molecule has 168 valence electrons. The Morgan fingerprint density at radius 3 is 3.15 bits per heavy atom. The van der Waals surface area contributed by atoms with Gasteiger partial charge in [-0.1, -0.05) is 12.1 Å². The smallest absolute Gasteiger partial charge is 0.257 e. The molecule has 0 radical (unpaired) electrons. The number of fused-ring (bicyclic) bond motifs is 3. The van der Waals surface area contributed by atoms with Crippen molar-refractivity contribution in [3.05, 3.63) is 59.8 Å². The molecule has 3 aromatic heterocycles. The summed E-state index contributed by atoms with van der Waals surface area (Å²) < 4.78 is 9.61. The molecule has 5 heterocycles. The highest BCUT2D eigenvalue weighted by Crippen LogP contribution is 2.35. The van der Waals surface area contributed by atoms with E-state index < -0.39 is 0 Å². The average Bonchev–Trinajstić information content (AvgIpc) is 3.56. The number of nitrogens with one attached hydrogen (secondary N) is 3. The van der Waals surface area contributed by atoms with E-state index in [0.29, 0.717) is 29.5 Å². The normalized spacial score (nSPS) is 16.7. The van der Waals surface area contributed by atoms with Crippen LogP contribution in [0.1, 0.15) is 40.6 Å². The zero-order chi connectivity index (χ0) is 22.4. The van der Waals surface area contributed by atoms with E-state index in [4.69, 9.17) is 9.72 Å². The summed E-state index contributed by atoms with van der Waals surface area (Å²) in [6.45, 7) is 1.54. The van der Waals surface area contributed by atoms with Crippen molar-refractivity contribution in [3.63, 3.8) is 0 Å². The molecule has 0 saturated heterocycles. The molecule has 0 aliphatic carbocycles. The van der Waals surface area contributed by atoms with Crippen molar-refractivity contribution < 1.29 is 9.53 Å². The number of benzene rings is 1. The number of anilines is 3. The van der Waals surface area contributed by atoms with E-state index in [-0.39, 0.29) is 11.9 Å². The minimum absolute atomic E-state index is 0.125. The molecule has 6 rings (SSSR count). The maximum Gasteiger partial charge on any atom is 0.257 e. The van der Waals surface area contributed by atoms with Crippen LogP contribution in [-0.4, -0.2) is 43.7 Å². The number of para-hydroxylation sites is 1.